The Hall–Kier alpha value is -2.68. The Bertz CT molecular complexity index is 914. The summed E-state index contributed by atoms with van der Waals surface area (Å²) in [5, 5.41) is 2.74. The highest BCUT2D eigenvalue weighted by atomic mass is 32.1. The number of nitrogens with zero attached hydrogens (tertiary/aromatic N) is 2. The Balaban J connectivity index is 1.87. The van der Waals surface area contributed by atoms with E-state index in [1.54, 1.807) is 33.0 Å². The number of ether oxygens (including phenoxy) is 2. The van der Waals surface area contributed by atoms with E-state index >= 15 is 0 Å². The SMILES string of the molecule is Cc1ccc2c(c1)[C@@]1(OC(=S)N[C@H]1C(=O)N1C(=O)OCC1(C)C)C(=O)N2C. The molecule has 1 N–H and O–H groups in total. The van der Waals surface area contributed by atoms with Crippen LogP contribution in [0.5, 0.6) is 0 Å². The van der Waals surface area contributed by atoms with Crippen LogP contribution in [0.3, 0.4) is 0 Å². The lowest BCUT2D eigenvalue weighted by molar-refractivity contribution is -0.145. The van der Waals surface area contributed by atoms with Crippen molar-refractivity contribution >= 4 is 41.0 Å². The smallest absolute Gasteiger partial charge is 0.417 e. The van der Waals surface area contributed by atoms with Crippen LogP contribution in [0.4, 0.5) is 10.5 Å². The Kier molecular flexibility index (Phi) is 3.55. The van der Waals surface area contributed by atoms with Gasteiger partial charge in [0.15, 0.2) is 6.04 Å². The lowest BCUT2D eigenvalue weighted by atomic mass is 9.85. The van der Waals surface area contributed by atoms with Crippen molar-refractivity contribution in [3.05, 3.63) is 29.3 Å². The molecule has 1 spiro atoms. The number of likely N-dealkylation sites (N-methyl/N-ethyl adjacent to an activating group) is 1. The zero-order valence-electron chi connectivity index (χ0n) is 15.4. The first-order chi connectivity index (χ1) is 12.6. The molecule has 3 amide bonds. The Morgan fingerprint density at radius 3 is 2.67 bits per heavy atom. The van der Waals surface area contributed by atoms with Gasteiger partial charge in [-0.2, -0.15) is 0 Å². The average Bonchev–Trinajstić information content (AvgIpc) is 3.15. The van der Waals surface area contributed by atoms with E-state index in [2.05, 4.69) is 5.32 Å². The van der Waals surface area contributed by atoms with Crippen molar-refractivity contribution in [2.45, 2.75) is 38.0 Å². The number of cyclic esters (lactones) is 1. The molecular weight excluding hydrogens is 370 g/mol. The molecule has 2 atom stereocenters. The van der Waals surface area contributed by atoms with Gasteiger partial charge in [0.05, 0.1) is 11.2 Å². The topological polar surface area (TPSA) is 88.2 Å². The summed E-state index contributed by atoms with van der Waals surface area (Å²) < 4.78 is 10.8. The quantitative estimate of drug-likeness (QED) is 0.722. The third-order valence-corrected chi connectivity index (χ3v) is 5.46. The molecule has 3 aliphatic rings. The van der Waals surface area contributed by atoms with Crippen LogP contribution in [0, 0.1) is 6.92 Å². The Morgan fingerprint density at radius 1 is 1.33 bits per heavy atom. The maximum Gasteiger partial charge on any atom is 0.417 e. The van der Waals surface area contributed by atoms with Crippen LogP contribution >= 0.6 is 12.2 Å². The number of thiocarbonyl (C=S) groups is 1. The summed E-state index contributed by atoms with van der Waals surface area (Å²) in [6.45, 7) is 5.40. The van der Waals surface area contributed by atoms with E-state index in [1.165, 1.54) is 4.90 Å². The van der Waals surface area contributed by atoms with Crippen molar-refractivity contribution in [2.24, 2.45) is 0 Å². The van der Waals surface area contributed by atoms with Gasteiger partial charge in [-0.05, 0) is 45.1 Å². The van der Waals surface area contributed by atoms with E-state index in [1.807, 2.05) is 13.0 Å². The average molecular weight is 389 g/mol. The minimum Gasteiger partial charge on any atom is -0.447 e. The Labute approximate surface area is 161 Å². The van der Waals surface area contributed by atoms with E-state index in [-0.39, 0.29) is 11.8 Å². The van der Waals surface area contributed by atoms with E-state index < -0.39 is 35.1 Å². The van der Waals surface area contributed by atoms with Crippen molar-refractivity contribution in [3.63, 3.8) is 0 Å². The second kappa shape index (κ2) is 5.41. The molecule has 0 aromatic heterocycles. The van der Waals surface area contributed by atoms with Crippen molar-refractivity contribution < 1.29 is 23.9 Å². The molecule has 142 valence electrons. The zero-order valence-corrected chi connectivity index (χ0v) is 16.2. The van der Waals surface area contributed by atoms with Gasteiger partial charge in [0.1, 0.15) is 6.61 Å². The predicted molar refractivity (Wildman–Crippen MR) is 99.1 cm³/mol. The molecule has 9 heteroatoms. The van der Waals surface area contributed by atoms with Gasteiger partial charge in [0, 0.05) is 12.6 Å². The van der Waals surface area contributed by atoms with Gasteiger partial charge in [-0.15, -0.1) is 0 Å². The van der Waals surface area contributed by atoms with Crippen LogP contribution in [0.25, 0.3) is 0 Å². The van der Waals surface area contributed by atoms with Crippen molar-refractivity contribution in [2.75, 3.05) is 18.6 Å². The Morgan fingerprint density at radius 2 is 2.04 bits per heavy atom. The minimum atomic E-state index is -1.65. The molecule has 0 bridgehead atoms. The number of rotatable bonds is 1. The van der Waals surface area contributed by atoms with Gasteiger partial charge in [0.2, 0.25) is 5.60 Å². The monoisotopic (exact) mass is 389 g/mol. The lowest BCUT2D eigenvalue weighted by Crippen LogP contribution is -2.60. The molecule has 2 fully saturated rings. The highest BCUT2D eigenvalue weighted by Gasteiger charge is 2.66. The first kappa shape index (κ1) is 17.7. The summed E-state index contributed by atoms with van der Waals surface area (Å²) in [6.07, 6.45) is -0.747. The molecule has 0 radical (unpaired) electrons. The van der Waals surface area contributed by atoms with Crippen LogP contribution in [0.15, 0.2) is 18.2 Å². The predicted octanol–water partition coefficient (Wildman–Crippen LogP) is 1.20. The molecular formula is C18H19N3O5S. The van der Waals surface area contributed by atoms with Gasteiger partial charge >= 0.3 is 6.09 Å². The fourth-order valence-corrected chi connectivity index (χ4v) is 4.16. The molecule has 3 aliphatic heterocycles. The number of nitrogens with one attached hydrogen (secondary N) is 1. The summed E-state index contributed by atoms with van der Waals surface area (Å²) in [7, 11) is 1.62. The first-order valence-electron chi connectivity index (χ1n) is 8.49. The number of amides is 3. The molecule has 3 heterocycles. The number of hydrogen-bond acceptors (Lipinski definition) is 6. The van der Waals surface area contributed by atoms with Gasteiger partial charge in [-0.3, -0.25) is 9.59 Å². The van der Waals surface area contributed by atoms with Crippen molar-refractivity contribution in [3.8, 4) is 0 Å². The molecule has 1 aromatic rings. The van der Waals surface area contributed by atoms with Crippen LogP contribution in [0.1, 0.15) is 25.0 Å². The van der Waals surface area contributed by atoms with E-state index in [0.29, 0.717) is 11.3 Å². The summed E-state index contributed by atoms with van der Waals surface area (Å²) in [6, 6.07) is 4.31. The fourth-order valence-electron chi connectivity index (χ4n) is 3.91. The van der Waals surface area contributed by atoms with Crippen LogP contribution in [-0.2, 0) is 24.7 Å². The molecule has 0 unspecified atom stereocenters. The van der Waals surface area contributed by atoms with E-state index in [4.69, 9.17) is 21.7 Å². The number of hydrogen-bond donors (Lipinski definition) is 1. The fraction of sp³-hybridized carbons (Fsp3) is 0.444. The molecule has 8 nitrogen and oxygen atoms in total. The largest absolute Gasteiger partial charge is 0.447 e. The maximum atomic E-state index is 13.4. The van der Waals surface area contributed by atoms with Gasteiger partial charge in [-0.25, -0.2) is 9.69 Å². The number of imide groups is 1. The van der Waals surface area contributed by atoms with Crippen LogP contribution in [-0.4, -0.2) is 53.2 Å². The number of aryl methyl sites for hydroxylation is 1. The van der Waals surface area contributed by atoms with Gasteiger partial charge in [-0.1, -0.05) is 11.6 Å². The first-order valence-corrected chi connectivity index (χ1v) is 8.90. The number of carbonyl (C=O) groups is 3. The minimum absolute atomic E-state index is 0.0603. The van der Waals surface area contributed by atoms with Gasteiger partial charge in [0.25, 0.3) is 17.0 Å². The summed E-state index contributed by atoms with van der Waals surface area (Å²) in [5.74, 6) is -1.03. The number of carbonyl (C=O) groups excluding carboxylic acids is 3. The maximum absolute atomic E-state index is 13.4. The van der Waals surface area contributed by atoms with Gasteiger partial charge < -0.3 is 19.7 Å². The second-order valence-electron chi connectivity index (χ2n) is 7.63. The molecule has 4 rings (SSSR count). The molecule has 27 heavy (non-hydrogen) atoms. The zero-order chi connectivity index (χ0) is 19.7. The molecule has 0 saturated carbocycles. The van der Waals surface area contributed by atoms with Crippen LogP contribution < -0.4 is 10.2 Å². The van der Waals surface area contributed by atoms with E-state index in [9.17, 15) is 14.4 Å². The molecule has 2 saturated heterocycles. The second-order valence-corrected chi connectivity index (χ2v) is 8.00. The van der Waals surface area contributed by atoms with Crippen molar-refractivity contribution in [1.29, 1.82) is 0 Å². The third-order valence-electron chi connectivity index (χ3n) is 5.26. The summed E-state index contributed by atoms with van der Waals surface area (Å²) >= 11 is 5.15. The normalized spacial score (nSPS) is 28.3. The molecule has 0 aliphatic carbocycles. The summed E-state index contributed by atoms with van der Waals surface area (Å²) in [5.41, 5.74) is -0.401. The van der Waals surface area contributed by atoms with Crippen LogP contribution in [0.2, 0.25) is 0 Å². The highest BCUT2D eigenvalue weighted by Crippen LogP contribution is 2.48. The van der Waals surface area contributed by atoms with E-state index in [0.717, 1.165) is 10.5 Å². The van der Waals surface area contributed by atoms with Crippen molar-refractivity contribution in [1.82, 2.24) is 10.2 Å². The lowest BCUT2D eigenvalue weighted by Gasteiger charge is -2.32. The number of anilines is 1. The third kappa shape index (κ3) is 2.21. The number of fused-ring (bicyclic) bond motifs is 2. The summed E-state index contributed by atoms with van der Waals surface area (Å²) in [4.78, 5) is 41.3. The number of benzene rings is 1. The standard InChI is InChI=1S/C18H19N3O5S/c1-9-5-6-11-10(7-9)18(14(23)20(11)4)12(19-15(27)26-18)13(22)21-16(24)25-8-17(21,2)3/h5-7,12H,8H2,1-4H3,(H,19,27)/t12-,18-/m0/s1. The highest BCUT2D eigenvalue weighted by molar-refractivity contribution is 7.80. The molecule has 1 aromatic carbocycles.